The summed E-state index contributed by atoms with van der Waals surface area (Å²) in [5, 5.41) is 2.46. The Morgan fingerprint density at radius 3 is 2.67 bits per heavy atom. The van der Waals surface area contributed by atoms with Crippen molar-refractivity contribution in [3.05, 3.63) is 48.0 Å². The minimum Gasteiger partial charge on any atom is -0.456 e. The molecule has 1 atom stereocenters. The van der Waals surface area contributed by atoms with E-state index < -0.39 is 0 Å². The minimum atomic E-state index is 0.685. The van der Waals surface area contributed by atoms with Gasteiger partial charge in [-0.2, -0.15) is 0 Å². The predicted octanol–water partition coefficient (Wildman–Crippen LogP) is 5.20. The van der Waals surface area contributed by atoms with E-state index in [1.54, 1.807) is 0 Å². The Morgan fingerprint density at radius 2 is 1.83 bits per heavy atom. The number of hydrogen-bond donors (Lipinski definition) is 0. The molecule has 0 bridgehead atoms. The highest BCUT2D eigenvalue weighted by Crippen LogP contribution is 2.31. The van der Waals surface area contributed by atoms with E-state index in [9.17, 15) is 0 Å². The van der Waals surface area contributed by atoms with E-state index in [1.807, 2.05) is 12.1 Å². The summed E-state index contributed by atoms with van der Waals surface area (Å²) in [6.07, 6.45) is 1.08. The zero-order valence-electron chi connectivity index (χ0n) is 10.3. The van der Waals surface area contributed by atoms with Gasteiger partial charge in [-0.15, -0.1) is 0 Å². The van der Waals surface area contributed by atoms with E-state index >= 15 is 0 Å². The Kier molecular flexibility index (Phi) is 3.29. The van der Waals surface area contributed by atoms with E-state index in [0.717, 1.165) is 17.6 Å². The van der Waals surface area contributed by atoms with Crippen molar-refractivity contribution in [2.45, 2.75) is 13.3 Å². The third kappa shape index (κ3) is 2.03. The normalized spacial score (nSPS) is 13.2. The van der Waals surface area contributed by atoms with Gasteiger partial charge in [0.2, 0.25) is 0 Å². The molecule has 2 aromatic carbocycles. The lowest BCUT2D eigenvalue weighted by molar-refractivity contribution is 0.634. The summed E-state index contributed by atoms with van der Waals surface area (Å²) in [5.74, 6) is 0.685. The van der Waals surface area contributed by atoms with Crippen LogP contribution in [-0.2, 0) is 6.42 Å². The molecular formula is C16H15IO. The Labute approximate surface area is 120 Å². The summed E-state index contributed by atoms with van der Waals surface area (Å²) in [4.78, 5) is 0. The van der Waals surface area contributed by atoms with Gasteiger partial charge >= 0.3 is 0 Å². The molecule has 0 fully saturated rings. The van der Waals surface area contributed by atoms with Crippen molar-refractivity contribution in [2.75, 3.05) is 4.43 Å². The maximum absolute atomic E-state index is 6.03. The number of hydrogen-bond acceptors (Lipinski definition) is 1. The van der Waals surface area contributed by atoms with Crippen molar-refractivity contribution < 1.29 is 4.42 Å². The molecule has 2 heteroatoms. The molecule has 0 N–H and O–H groups in total. The molecule has 1 nitrogen and oxygen atoms in total. The summed E-state index contributed by atoms with van der Waals surface area (Å²) in [5.41, 5.74) is 3.38. The summed E-state index contributed by atoms with van der Waals surface area (Å²) >= 11 is 2.45. The smallest absolute Gasteiger partial charge is 0.138 e. The molecule has 1 aromatic heterocycles. The quantitative estimate of drug-likeness (QED) is 0.467. The Hall–Kier alpha value is -1.03. The van der Waals surface area contributed by atoms with E-state index in [0.29, 0.717) is 5.92 Å². The van der Waals surface area contributed by atoms with Crippen LogP contribution in [0.2, 0.25) is 0 Å². The van der Waals surface area contributed by atoms with E-state index in [2.05, 4.69) is 59.8 Å². The van der Waals surface area contributed by atoms with Crippen molar-refractivity contribution in [1.82, 2.24) is 0 Å². The van der Waals surface area contributed by atoms with Gasteiger partial charge in [0, 0.05) is 15.2 Å². The van der Waals surface area contributed by atoms with Crippen LogP contribution in [0.5, 0.6) is 0 Å². The maximum Gasteiger partial charge on any atom is 0.138 e. The van der Waals surface area contributed by atoms with E-state index in [-0.39, 0.29) is 0 Å². The van der Waals surface area contributed by atoms with Crippen molar-refractivity contribution >= 4 is 44.5 Å². The molecule has 0 unspecified atom stereocenters. The second-order valence-electron chi connectivity index (χ2n) is 4.86. The van der Waals surface area contributed by atoms with Gasteiger partial charge in [-0.25, -0.2) is 0 Å². The van der Waals surface area contributed by atoms with Crippen molar-refractivity contribution in [3.63, 3.8) is 0 Å². The van der Waals surface area contributed by atoms with Gasteiger partial charge in [-0.05, 0) is 24.0 Å². The molecular weight excluding hydrogens is 335 g/mol. The molecule has 0 aliphatic rings. The maximum atomic E-state index is 6.03. The minimum absolute atomic E-state index is 0.685. The highest BCUT2D eigenvalue weighted by Gasteiger charge is 2.11. The number of rotatable bonds is 3. The van der Waals surface area contributed by atoms with Crippen molar-refractivity contribution in [3.8, 4) is 0 Å². The number of alkyl halides is 1. The van der Waals surface area contributed by atoms with Gasteiger partial charge in [0.15, 0.2) is 0 Å². The van der Waals surface area contributed by atoms with Gasteiger partial charge in [-0.3, -0.25) is 0 Å². The molecule has 0 radical (unpaired) electrons. The lowest BCUT2D eigenvalue weighted by atomic mass is 10.0. The van der Waals surface area contributed by atoms with Crippen LogP contribution < -0.4 is 0 Å². The molecule has 0 spiro atoms. The zero-order valence-corrected chi connectivity index (χ0v) is 12.5. The lowest BCUT2D eigenvalue weighted by Crippen LogP contribution is -2.00. The molecule has 0 amide bonds. The number of fused-ring (bicyclic) bond motifs is 3. The zero-order chi connectivity index (χ0) is 12.5. The van der Waals surface area contributed by atoms with Crippen LogP contribution in [0.4, 0.5) is 0 Å². The second-order valence-corrected chi connectivity index (χ2v) is 5.74. The fourth-order valence-electron chi connectivity index (χ4n) is 2.40. The van der Waals surface area contributed by atoms with Crippen LogP contribution >= 0.6 is 22.6 Å². The third-order valence-corrected chi connectivity index (χ3v) is 4.82. The Balaban J connectivity index is 2.21. The summed E-state index contributed by atoms with van der Waals surface area (Å²) < 4.78 is 7.20. The first-order valence-corrected chi connectivity index (χ1v) is 7.77. The number of benzene rings is 2. The topological polar surface area (TPSA) is 13.1 Å². The molecule has 0 aliphatic heterocycles. The second kappa shape index (κ2) is 4.92. The average molecular weight is 350 g/mol. The highest BCUT2D eigenvalue weighted by molar-refractivity contribution is 14.1. The summed E-state index contributed by atoms with van der Waals surface area (Å²) in [7, 11) is 0. The standard InChI is InChI=1S/C16H15IO/c1-11(10-17)9-12-5-4-7-14-13-6-2-3-8-15(13)18-16(12)14/h2-8,11H,9-10H2,1H3/t11-/m0/s1. The van der Waals surface area contributed by atoms with Crippen LogP contribution in [0.25, 0.3) is 21.9 Å². The summed E-state index contributed by atoms with van der Waals surface area (Å²) in [6.45, 7) is 2.29. The molecule has 1 heterocycles. The third-order valence-electron chi connectivity index (χ3n) is 3.32. The van der Waals surface area contributed by atoms with Crippen LogP contribution in [-0.4, -0.2) is 4.43 Å². The fraction of sp³-hybridized carbons (Fsp3) is 0.250. The molecule has 0 saturated heterocycles. The number of para-hydroxylation sites is 2. The summed E-state index contributed by atoms with van der Waals surface area (Å²) in [6, 6.07) is 14.7. The van der Waals surface area contributed by atoms with Gasteiger partial charge in [-0.1, -0.05) is 65.9 Å². The Bertz CT molecular complexity index is 684. The first-order valence-electron chi connectivity index (χ1n) is 6.24. The monoisotopic (exact) mass is 350 g/mol. The molecule has 0 aliphatic carbocycles. The first kappa shape index (κ1) is 12.0. The largest absolute Gasteiger partial charge is 0.456 e. The Morgan fingerprint density at radius 1 is 1.06 bits per heavy atom. The average Bonchev–Trinajstić information content (AvgIpc) is 2.78. The van der Waals surface area contributed by atoms with Crippen LogP contribution in [0.15, 0.2) is 46.9 Å². The van der Waals surface area contributed by atoms with Crippen LogP contribution in [0.1, 0.15) is 12.5 Å². The van der Waals surface area contributed by atoms with Gasteiger partial charge < -0.3 is 4.42 Å². The first-order chi connectivity index (χ1) is 8.79. The van der Waals surface area contributed by atoms with E-state index in [4.69, 9.17) is 4.42 Å². The molecule has 92 valence electrons. The molecule has 3 aromatic rings. The highest BCUT2D eigenvalue weighted by atomic mass is 127. The lowest BCUT2D eigenvalue weighted by Gasteiger charge is -2.07. The molecule has 18 heavy (non-hydrogen) atoms. The van der Waals surface area contributed by atoms with Crippen molar-refractivity contribution in [1.29, 1.82) is 0 Å². The number of halogens is 1. The SMILES string of the molecule is C[C@H](CI)Cc1cccc2c1oc1ccccc12. The molecule has 0 saturated carbocycles. The van der Waals surface area contributed by atoms with Crippen LogP contribution in [0.3, 0.4) is 0 Å². The number of furan rings is 1. The van der Waals surface area contributed by atoms with Gasteiger partial charge in [0.05, 0.1) is 0 Å². The van der Waals surface area contributed by atoms with E-state index in [1.165, 1.54) is 20.8 Å². The van der Waals surface area contributed by atoms with Gasteiger partial charge in [0.25, 0.3) is 0 Å². The fourth-order valence-corrected chi connectivity index (χ4v) is 2.71. The van der Waals surface area contributed by atoms with Crippen molar-refractivity contribution in [2.24, 2.45) is 5.92 Å². The predicted molar refractivity (Wildman–Crippen MR) is 85.5 cm³/mol. The van der Waals surface area contributed by atoms with Gasteiger partial charge in [0.1, 0.15) is 11.2 Å². The van der Waals surface area contributed by atoms with Crippen LogP contribution in [0, 0.1) is 5.92 Å². The molecule has 3 rings (SSSR count).